The van der Waals surface area contributed by atoms with Crippen LogP contribution in [0.1, 0.15) is 32.4 Å². The fourth-order valence-electron chi connectivity index (χ4n) is 2.45. The average Bonchev–Trinajstić information content (AvgIpc) is 2.57. The summed E-state index contributed by atoms with van der Waals surface area (Å²) < 4.78 is 33.4. The zero-order valence-electron chi connectivity index (χ0n) is 17.8. The average molecular weight is 527 g/mol. The van der Waals surface area contributed by atoms with Gasteiger partial charge >= 0.3 is 6.09 Å². The van der Waals surface area contributed by atoms with Crippen molar-refractivity contribution in [2.24, 2.45) is 4.99 Å². The van der Waals surface area contributed by atoms with E-state index in [0.717, 1.165) is 0 Å². The van der Waals surface area contributed by atoms with Crippen molar-refractivity contribution in [1.29, 1.82) is 0 Å². The van der Waals surface area contributed by atoms with Crippen molar-refractivity contribution in [2.75, 3.05) is 40.8 Å². The first-order valence-electron chi connectivity index (χ1n) is 9.07. The lowest BCUT2D eigenvalue weighted by Gasteiger charge is -2.26. The maximum atomic E-state index is 14.1. The Labute approximate surface area is 188 Å². The Morgan fingerprint density at radius 1 is 1.14 bits per heavy atom. The van der Waals surface area contributed by atoms with Crippen molar-refractivity contribution >= 4 is 36.0 Å². The van der Waals surface area contributed by atoms with Crippen LogP contribution in [0.5, 0.6) is 0 Å². The van der Waals surface area contributed by atoms with E-state index in [0.29, 0.717) is 19.0 Å². The normalized spacial score (nSPS) is 12.8. The predicted octanol–water partition coefficient (Wildman–Crippen LogP) is 2.88. The van der Waals surface area contributed by atoms with Crippen LogP contribution in [-0.4, -0.2) is 63.3 Å². The van der Waals surface area contributed by atoms with Gasteiger partial charge in [0.1, 0.15) is 17.2 Å². The molecule has 0 radical (unpaired) electrons. The summed E-state index contributed by atoms with van der Waals surface area (Å²) in [6.45, 7) is 6.33. The van der Waals surface area contributed by atoms with Crippen molar-refractivity contribution in [1.82, 2.24) is 20.9 Å². The van der Waals surface area contributed by atoms with Gasteiger partial charge in [0.05, 0.1) is 6.04 Å². The van der Waals surface area contributed by atoms with Crippen LogP contribution in [0.4, 0.5) is 13.6 Å². The summed E-state index contributed by atoms with van der Waals surface area (Å²) in [6.07, 6.45) is -0.500. The van der Waals surface area contributed by atoms with Gasteiger partial charge in [0.15, 0.2) is 5.96 Å². The second-order valence-electron chi connectivity index (χ2n) is 7.42. The van der Waals surface area contributed by atoms with Gasteiger partial charge < -0.3 is 25.6 Å². The highest BCUT2D eigenvalue weighted by Gasteiger charge is 2.22. The molecule has 1 amide bonds. The van der Waals surface area contributed by atoms with E-state index in [1.165, 1.54) is 18.2 Å². The smallest absolute Gasteiger partial charge is 0.407 e. The minimum Gasteiger partial charge on any atom is -0.444 e. The number of benzene rings is 1. The number of hydrogen-bond donors (Lipinski definition) is 3. The third-order valence-corrected chi connectivity index (χ3v) is 3.73. The molecule has 0 aliphatic carbocycles. The number of carbonyl (C=O) groups is 1. The van der Waals surface area contributed by atoms with E-state index in [4.69, 9.17) is 4.74 Å². The van der Waals surface area contributed by atoms with E-state index in [1.807, 2.05) is 0 Å². The topological polar surface area (TPSA) is 78.0 Å². The molecule has 29 heavy (non-hydrogen) atoms. The van der Waals surface area contributed by atoms with Crippen molar-refractivity contribution in [3.8, 4) is 0 Å². The van der Waals surface area contributed by atoms with Gasteiger partial charge in [-0.2, -0.15) is 0 Å². The molecule has 1 rings (SSSR count). The van der Waals surface area contributed by atoms with E-state index >= 15 is 0 Å². The first-order valence-corrected chi connectivity index (χ1v) is 9.07. The van der Waals surface area contributed by atoms with E-state index in [-0.39, 0.29) is 36.1 Å². The first kappa shape index (κ1) is 27.3. The number of nitrogens with one attached hydrogen (secondary N) is 3. The molecule has 0 aliphatic heterocycles. The van der Waals surface area contributed by atoms with Gasteiger partial charge in [-0.25, -0.2) is 13.6 Å². The maximum absolute atomic E-state index is 14.1. The van der Waals surface area contributed by atoms with Gasteiger partial charge in [-0.1, -0.05) is 6.07 Å². The number of aliphatic imine (C=N–C) groups is 1. The number of guanidine groups is 1. The summed E-state index contributed by atoms with van der Waals surface area (Å²) in [5.41, 5.74) is -0.555. The third-order valence-electron chi connectivity index (χ3n) is 3.73. The predicted molar refractivity (Wildman–Crippen MR) is 122 cm³/mol. The summed E-state index contributed by atoms with van der Waals surface area (Å²) in [5, 5.41) is 8.70. The van der Waals surface area contributed by atoms with Gasteiger partial charge in [0.2, 0.25) is 0 Å². The molecule has 1 aromatic carbocycles. The summed E-state index contributed by atoms with van der Waals surface area (Å²) in [4.78, 5) is 17.4. The zero-order chi connectivity index (χ0) is 21.3. The Morgan fingerprint density at radius 2 is 1.69 bits per heavy atom. The van der Waals surface area contributed by atoms with Crippen molar-refractivity contribution in [2.45, 2.75) is 32.4 Å². The number of alkyl carbamates (subject to hydrolysis) is 1. The van der Waals surface area contributed by atoms with Crippen LogP contribution in [0, 0.1) is 11.6 Å². The highest BCUT2D eigenvalue weighted by atomic mass is 127. The largest absolute Gasteiger partial charge is 0.444 e. The number of likely N-dealkylation sites (N-methyl/N-ethyl adjacent to an activating group) is 1. The number of rotatable bonds is 7. The van der Waals surface area contributed by atoms with Crippen LogP contribution >= 0.6 is 24.0 Å². The molecule has 0 spiro atoms. The van der Waals surface area contributed by atoms with Crippen LogP contribution < -0.4 is 16.0 Å². The fourth-order valence-corrected chi connectivity index (χ4v) is 2.45. The Balaban J connectivity index is 0.00000784. The molecule has 3 N–H and O–H groups in total. The Hall–Kier alpha value is -1.69. The van der Waals surface area contributed by atoms with Crippen LogP contribution in [0.3, 0.4) is 0 Å². The minimum absolute atomic E-state index is 0. The molecular weight excluding hydrogens is 495 g/mol. The van der Waals surface area contributed by atoms with Gasteiger partial charge in [0.25, 0.3) is 0 Å². The van der Waals surface area contributed by atoms with Gasteiger partial charge in [0, 0.05) is 32.2 Å². The highest BCUT2D eigenvalue weighted by molar-refractivity contribution is 14.0. The summed E-state index contributed by atoms with van der Waals surface area (Å²) in [7, 11) is 5.09. The number of nitrogens with zero attached hydrogens (tertiary/aromatic N) is 2. The molecule has 166 valence electrons. The van der Waals surface area contributed by atoms with E-state index in [1.54, 1.807) is 46.8 Å². The third kappa shape index (κ3) is 10.1. The second-order valence-corrected chi connectivity index (χ2v) is 7.42. The molecule has 7 nitrogen and oxygen atoms in total. The standard InChI is InChI=1S/C19H31F2N5O2.HI/c1-19(2,3)28-18(27)24-11-10-23-17(22-4)25-12-15(26(5)6)16-13(20)8-7-9-14(16)21;/h7-9,15H,10-12H2,1-6H3,(H,24,27)(H2,22,23,25);1H. The molecule has 0 heterocycles. The molecular formula is C19H32F2IN5O2. The number of carbonyl (C=O) groups excluding carboxylic acids is 1. The Kier molecular flexibility index (Phi) is 12.0. The van der Waals surface area contributed by atoms with Gasteiger partial charge in [-0.05, 0) is 47.0 Å². The number of hydrogen-bond acceptors (Lipinski definition) is 4. The second kappa shape index (κ2) is 12.8. The van der Waals surface area contributed by atoms with Gasteiger partial charge in [-0.15, -0.1) is 24.0 Å². The molecule has 0 aliphatic rings. The SMILES string of the molecule is CN=C(NCCNC(=O)OC(C)(C)C)NCC(c1c(F)cccc1F)N(C)C.I. The quantitative estimate of drug-likeness (QED) is 0.220. The molecule has 10 heteroatoms. The van der Waals surface area contributed by atoms with Gasteiger partial charge in [-0.3, -0.25) is 4.99 Å². The number of ether oxygens (including phenoxy) is 1. The molecule has 0 aromatic heterocycles. The molecule has 0 fully saturated rings. The minimum atomic E-state index is -0.593. The van der Waals surface area contributed by atoms with Crippen LogP contribution in [0.15, 0.2) is 23.2 Å². The van der Waals surface area contributed by atoms with Crippen LogP contribution in [0.25, 0.3) is 0 Å². The summed E-state index contributed by atoms with van der Waals surface area (Å²) in [6, 6.07) is 3.29. The van der Waals surface area contributed by atoms with Crippen LogP contribution in [0.2, 0.25) is 0 Å². The molecule has 0 saturated heterocycles. The van der Waals surface area contributed by atoms with Crippen molar-refractivity contribution < 1.29 is 18.3 Å². The molecule has 0 saturated carbocycles. The Bertz CT molecular complexity index is 661. The van der Waals surface area contributed by atoms with E-state index in [2.05, 4.69) is 20.9 Å². The molecule has 1 unspecified atom stereocenters. The lowest BCUT2D eigenvalue weighted by Crippen LogP contribution is -2.45. The molecule has 1 atom stereocenters. The fraction of sp³-hybridized carbons (Fsp3) is 0.579. The monoisotopic (exact) mass is 527 g/mol. The van der Waals surface area contributed by atoms with Crippen molar-refractivity contribution in [3.63, 3.8) is 0 Å². The van der Waals surface area contributed by atoms with E-state index in [9.17, 15) is 13.6 Å². The van der Waals surface area contributed by atoms with Crippen molar-refractivity contribution in [3.05, 3.63) is 35.4 Å². The summed E-state index contributed by atoms with van der Waals surface area (Å²) in [5.74, 6) is -0.732. The van der Waals surface area contributed by atoms with Crippen LogP contribution in [-0.2, 0) is 4.74 Å². The Morgan fingerprint density at radius 3 is 2.17 bits per heavy atom. The van der Waals surface area contributed by atoms with E-state index < -0.39 is 29.4 Å². The lowest BCUT2D eigenvalue weighted by atomic mass is 10.0. The maximum Gasteiger partial charge on any atom is 0.407 e. The molecule has 1 aromatic rings. The summed E-state index contributed by atoms with van der Waals surface area (Å²) >= 11 is 0. The number of halogens is 3. The molecule has 0 bridgehead atoms. The first-order chi connectivity index (χ1) is 13.0. The lowest BCUT2D eigenvalue weighted by molar-refractivity contribution is 0.0529. The zero-order valence-corrected chi connectivity index (χ0v) is 20.1. The highest BCUT2D eigenvalue weighted by Crippen LogP contribution is 2.23. The number of amides is 1.